The first-order valence-corrected chi connectivity index (χ1v) is 6.75. The van der Waals surface area contributed by atoms with Crippen LogP contribution in [-0.4, -0.2) is 0 Å². The number of hydrogen-bond acceptors (Lipinski definition) is 0. The van der Waals surface area contributed by atoms with E-state index in [0.29, 0.717) is 11.1 Å². The van der Waals surface area contributed by atoms with Crippen molar-refractivity contribution in [1.29, 1.82) is 0 Å². The van der Waals surface area contributed by atoms with E-state index in [9.17, 15) is 8.78 Å². The minimum Gasteiger partial charge on any atom is -0.207 e. The van der Waals surface area contributed by atoms with E-state index in [0.717, 1.165) is 24.8 Å². The fraction of sp³-hybridized carbons (Fsp3) is 0.294. The van der Waals surface area contributed by atoms with Crippen LogP contribution in [0, 0.1) is 11.6 Å². The molecule has 0 radical (unpaired) electrons. The number of aryl methyl sites for hydroxylation is 1. The molecule has 0 fully saturated rings. The summed E-state index contributed by atoms with van der Waals surface area (Å²) in [6.07, 6.45) is 4.33. The molecule has 0 spiro atoms. The first-order chi connectivity index (χ1) is 9.20. The van der Waals surface area contributed by atoms with Crippen molar-refractivity contribution in [2.24, 2.45) is 0 Å². The molecule has 100 valence electrons. The molecule has 0 aliphatic carbocycles. The Morgan fingerprint density at radius 2 is 1.63 bits per heavy atom. The molecule has 0 aromatic heterocycles. The number of rotatable bonds is 5. The standard InChI is InChI=1S/C17H18F2/c1-2-3-4-5-13-6-11-16(17(19)12-13)14-7-9-15(18)10-8-14/h6-12H,2-5H2,1H3. The lowest BCUT2D eigenvalue weighted by Crippen LogP contribution is -1.90. The van der Waals surface area contributed by atoms with Gasteiger partial charge in [-0.25, -0.2) is 8.78 Å². The van der Waals surface area contributed by atoms with Crippen molar-refractivity contribution >= 4 is 0 Å². The summed E-state index contributed by atoms with van der Waals surface area (Å²) < 4.78 is 26.9. The van der Waals surface area contributed by atoms with E-state index in [-0.39, 0.29) is 11.6 Å². The molecule has 0 aliphatic rings. The van der Waals surface area contributed by atoms with Gasteiger partial charge in [-0.3, -0.25) is 0 Å². The Balaban J connectivity index is 2.17. The number of benzene rings is 2. The van der Waals surface area contributed by atoms with Crippen molar-refractivity contribution in [3.63, 3.8) is 0 Å². The lowest BCUT2D eigenvalue weighted by atomic mass is 10.0. The predicted molar refractivity (Wildman–Crippen MR) is 75.0 cm³/mol. The highest BCUT2D eigenvalue weighted by atomic mass is 19.1. The quantitative estimate of drug-likeness (QED) is 0.634. The van der Waals surface area contributed by atoms with Gasteiger partial charge in [-0.05, 0) is 42.2 Å². The highest BCUT2D eigenvalue weighted by molar-refractivity contribution is 5.64. The second-order valence-electron chi connectivity index (χ2n) is 4.78. The average molecular weight is 260 g/mol. The first-order valence-electron chi connectivity index (χ1n) is 6.75. The van der Waals surface area contributed by atoms with Gasteiger partial charge in [-0.1, -0.05) is 44.0 Å². The summed E-state index contributed by atoms with van der Waals surface area (Å²) in [5, 5.41) is 0. The van der Waals surface area contributed by atoms with E-state index in [1.165, 1.54) is 18.6 Å². The van der Waals surface area contributed by atoms with Crippen molar-refractivity contribution in [2.75, 3.05) is 0 Å². The van der Waals surface area contributed by atoms with E-state index in [2.05, 4.69) is 6.92 Å². The Morgan fingerprint density at radius 3 is 2.26 bits per heavy atom. The van der Waals surface area contributed by atoms with Gasteiger partial charge in [-0.15, -0.1) is 0 Å². The maximum Gasteiger partial charge on any atom is 0.131 e. The third-order valence-corrected chi connectivity index (χ3v) is 3.26. The van der Waals surface area contributed by atoms with E-state index in [1.54, 1.807) is 24.3 Å². The molecule has 19 heavy (non-hydrogen) atoms. The highest BCUT2D eigenvalue weighted by Crippen LogP contribution is 2.24. The maximum absolute atomic E-state index is 14.1. The molecule has 0 nitrogen and oxygen atoms in total. The van der Waals surface area contributed by atoms with Crippen molar-refractivity contribution in [3.05, 3.63) is 59.7 Å². The molecule has 0 amide bonds. The van der Waals surface area contributed by atoms with Gasteiger partial charge in [0.15, 0.2) is 0 Å². The first kappa shape index (κ1) is 13.7. The van der Waals surface area contributed by atoms with Crippen LogP contribution in [0.4, 0.5) is 8.78 Å². The molecule has 0 aliphatic heterocycles. The molecular formula is C17H18F2. The molecule has 0 bridgehead atoms. The van der Waals surface area contributed by atoms with Crippen LogP contribution in [0.5, 0.6) is 0 Å². The van der Waals surface area contributed by atoms with Crippen molar-refractivity contribution in [1.82, 2.24) is 0 Å². The zero-order chi connectivity index (χ0) is 13.7. The van der Waals surface area contributed by atoms with E-state index in [4.69, 9.17) is 0 Å². The van der Waals surface area contributed by atoms with Crippen LogP contribution >= 0.6 is 0 Å². The molecule has 2 rings (SSSR count). The monoisotopic (exact) mass is 260 g/mol. The van der Waals surface area contributed by atoms with E-state index < -0.39 is 0 Å². The third-order valence-electron chi connectivity index (χ3n) is 3.26. The van der Waals surface area contributed by atoms with E-state index >= 15 is 0 Å². The molecule has 2 aromatic carbocycles. The summed E-state index contributed by atoms with van der Waals surface area (Å²) in [4.78, 5) is 0. The summed E-state index contributed by atoms with van der Waals surface area (Å²) in [6.45, 7) is 2.15. The lowest BCUT2D eigenvalue weighted by molar-refractivity contribution is 0.623. The predicted octanol–water partition coefficient (Wildman–Crippen LogP) is 5.36. The number of hydrogen-bond donors (Lipinski definition) is 0. The summed E-state index contributed by atoms with van der Waals surface area (Å²) in [5.74, 6) is -0.541. The van der Waals surface area contributed by atoms with Crippen LogP contribution in [0.3, 0.4) is 0 Å². The van der Waals surface area contributed by atoms with Gasteiger partial charge < -0.3 is 0 Å². The van der Waals surface area contributed by atoms with Crippen LogP contribution in [0.15, 0.2) is 42.5 Å². The normalized spacial score (nSPS) is 10.7. The molecule has 0 heterocycles. The molecule has 0 atom stereocenters. The molecular weight excluding hydrogens is 242 g/mol. The molecule has 0 unspecified atom stereocenters. The van der Waals surface area contributed by atoms with Crippen molar-refractivity contribution < 1.29 is 8.78 Å². The van der Waals surface area contributed by atoms with Gasteiger partial charge >= 0.3 is 0 Å². The topological polar surface area (TPSA) is 0 Å². The van der Waals surface area contributed by atoms with Crippen molar-refractivity contribution in [3.8, 4) is 11.1 Å². The van der Waals surface area contributed by atoms with Crippen LogP contribution in [0.25, 0.3) is 11.1 Å². The fourth-order valence-electron chi connectivity index (χ4n) is 2.16. The second-order valence-corrected chi connectivity index (χ2v) is 4.78. The minimum absolute atomic E-state index is 0.236. The molecule has 0 saturated carbocycles. The maximum atomic E-state index is 14.1. The Kier molecular flexibility index (Phi) is 4.67. The average Bonchev–Trinajstić information content (AvgIpc) is 2.41. The smallest absolute Gasteiger partial charge is 0.131 e. The Morgan fingerprint density at radius 1 is 0.895 bits per heavy atom. The summed E-state index contributed by atoms with van der Waals surface area (Å²) in [7, 11) is 0. The second kappa shape index (κ2) is 6.46. The SMILES string of the molecule is CCCCCc1ccc(-c2ccc(F)cc2)c(F)c1. The van der Waals surface area contributed by atoms with Gasteiger partial charge in [0.05, 0.1) is 0 Å². The fourth-order valence-corrected chi connectivity index (χ4v) is 2.16. The van der Waals surface area contributed by atoms with Gasteiger partial charge in [0, 0.05) is 5.56 Å². The molecule has 0 saturated heterocycles. The largest absolute Gasteiger partial charge is 0.207 e. The lowest BCUT2D eigenvalue weighted by Gasteiger charge is -2.06. The highest BCUT2D eigenvalue weighted by Gasteiger charge is 2.06. The summed E-state index contributed by atoms with van der Waals surface area (Å²) in [6, 6.07) is 11.2. The van der Waals surface area contributed by atoms with Crippen LogP contribution < -0.4 is 0 Å². The zero-order valence-corrected chi connectivity index (χ0v) is 11.1. The van der Waals surface area contributed by atoms with Gasteiger partial charge in [-0.2, -0.15) is 0 Å². The van der Waals surface area contributed by atoms with Crippen LogP contribution in [-0.2, 0) is 6.42 Å². The van der Waals surface area contributed by atoms with Gasteiger partial charge in [0.25, 0.3) is 0 Å². The Hall–Kier alpha value is -1.70. The molecule has 0 N–H and O–H groups in total. The van der Waals surface area contributed by atoms with Crippen LogP contribution in [0.2, 0.25) is 0 Å². The van der Waals surface area contributed by atoms with Gasteiger partial charge in [0.2, 0.25) is 0 Å². The minimum atomic E-state index is -0.305. The Bertz CT molecular complexity index is 529. The third kappa shape index (κ3) is 3.63. The summed E-state index contributed by atoms with van der Waals surface area (Å²) in [5.41, 5.74) is 2.26. The van der Waals surface area contributed by atoms with Gasteiger partial charge in [0.1, 0.15) is 11.6 Å². The molecule has 2 heteroatoms. The van der Waals surface area contributed by atoms with E-state index in [1.807, 2.05) is 6.07 Å². The number of unbranched alkanes of at least 4 members (excludes halogenated alkanes) is 2. The Labute approximate surface area is 113 Å². The zero-order valence-electron chi connectivity index (χ0n) is 11.1. The summed E-state index contributed by atoms with van der Waals surface area (Å²) >= 11 is 0. The number of halogens is 2. The molecule has 2 aromatic rings. The van der Waals surface area contributed by atoms with Crippen molar-refractivity contribution in [2.45, 2.75) is 32.6 Å². The van der Waals surface area contributed by atoms with Crippen LogP contribution in [0.1, 0.15) is 31.7 Å².